The van der Waals surface area contributed by atoms with Crippen LogP contribution in [0.5, 0.6) is 0 Å². The molecule has 2 aromatic rings. The zero-order chi connectivity index (χ0) is 15.4. The Balaban J connectivity index is 1.66. The van der Waals surface area contributed by atoms with Crippen molar-refractivity contribution in [2.24, 2.45) is 0 Å². The van der Waals surface area contributed by atoms with Crippen LogP contribution in [0.4, 0.5) is 16.4 Å². The zero-order valence-electron chi connectivity index (χ0n) is 12.1. The Labute approximate surface area is 128 Å². The summed E-state index contributed by atoms with van der Waals surface area (Å²) in [6.07, 6.45) is 6.90. The van der Waals surface area contributed by atoms with Gasteiger partial charge in [-0.25, -0.2) is 14.8 Å². The van der Waals surface area contributed by atoms with Crippen LogP contribution in [-0.4, -0.2) is 39.0 Å². The highest BCUT2D eigenvalue weighted by molar-refractivity contribution is 5.89. The maximum atomic E-state index is 12.3. The van der Waals surface area contributed by atoms with E-state index in [0.717, 1.165) is 30.8 Å². The largest absolute Gasteiger partial charge is 0.368 e. The van der Waals surface area contributed by atoms with E-state index in [4.69, 9.17) is 5.73 Å². The van der Waals surface area contributed by atoms with E-state index in [-0.39, 0.29) is 17.9 Å². The molecule has 2 amide bonds. The number of hydrogen-bond acceptors (Lipinski definition) is 5. The molecular weight excluding hydrogens is 280 g/mol. The van der Waals surface area contributed by atoms with Crippen molar-refractivity contribution in [3.05, 3.63) is 42.5 Å². The van der Waals surface area contributed by atoms with E-state index < -0.39 is 0 Å². The third-order valence-electron chi connectivity index (χ3n) is 3.75. The van der Waals surface area contributed by atoms with E-state index in [1.54, 1.807) is 30.7 Å². The van der Waals surface area contributed by atoms with Gasteiger partial charge in [0.05, 0.1) is 5.69 Å². The van der Waals surface area contributed by atoms with Crippen molar-refractivity contribution in [1.29, 1.82) is 0 Å². The molecule has 1 aliphatic heterocycles. The Hall–Kier alpha value is -2.70. The second-order valence-electron chi connectivity index (χ2n) is 5.29. The molecule has 1 atom stereocenters. The Kier molecular flexibility index (Phi) is 4.13. The minimum atomic E-state index is -0.0991. The van der Waals surface area contributed by atoms with Crippen molar-refractivity contribution in [1.82, 2.24) is 19.9 Å². The third-order valence-corrected chi connectivity index (χ3v) is 3.75. The number of aromatic nitrogens is 3. The quantitative estimate of drug-likeness (QED) is 0.882. The maximum Gasteiger partial charge on any atom is 0.321 e. The van der Waals surface area contributed by atoms with Crippen molar-refractivity contribution in [2.45, 2.75) is 18.8 Å². The molecule has 3 N–H and O–H groups in total. The molecule has 114 valence electrons. The van der Waals surface area contributed by atoms with Gasteiger partial charge in [0.2, 0.25) is 5.95 Å². The van der Waals surface area contributed by atoms with Crippen LogP contribution in [0.3, 0.4) is 0 Å². The first-order chi connectivity index (χ1) is 10.7. The van der Waals surface area contributed by atoms with Crippen LogP contribution in [0.25, 0.3) is 0 Å². The molecule has 3 rings (SSSR count). The summed E-state index contributed by atoms with van der Waals surface area (Å²) in [5.41, 5.74) is 7.28. The van der Waals surface area contributed by atoms with E-state index in [1.807, 2.05) is 11.0 Å². The molecule has 7 heteroatoms. The minimum Gasteiger partial charge on any atom is -0.368 e. The Morgan fingerprint density at radius 3 is 2.86 bits per heavy atom. The van der Waals surface area contributed by atoms with E-state index in [2.05, 4.69) is 20.3 Å². The second-order valence-corrected chi connectivity index (χ2v) is 5.29. The van der Waals surface area contributed by atoms with Crippen LogP contribution >= 0.6 is 0 Å². The smallest absolute Gasteiger partial charge is 0.321 e. The van der Waals surface area contributed by atoms with Crippen LogP contribution in [-0.2, 0) is 0 Å². The Morgan fingerprint density at radius 1 is 1.27 bits per heavy atom. The van der Waals surface area contributed by atoms with Gasteiger partial charge in [0, 0.05) is 43.3 Å². The molecule has 0 spiro atoms. The Morgan fingerprint density at radius 2 is 2.09 bits per heavy atom. The highest BCUT2D eigenvalue weighted by atomic mass is 16.2. The first-order valence-electron chi connectivity index (χ1n) is 7.27. The summed E-state index contributed by atoms with van der Waals surface area (Å²) < 4.78 is 0. The summed E-state index contributed by atoms with van der Waals surface area (Å²) in [4.78, 5) is 26.3. The van der Waals surface area contributed by atoms with Crippen molar-refractivity contribution in [2.75, 3.05) is 24.1 Å². The van der Waals surface area contributed by atoms with Crippen molar-refractivity contribution in [3.63, 3.8) is 0 Å². The van der Waals surface area contributed by atoms with Crippen LogP contribution < -0.4 is 11.1 Å². The summed E-state index contributed by atoms with van der Waals surface area (Å²) >= 11 is 0. The highest BCUT2D eigenvalue weighted by Gasteiger charge is 2.25. The number of rotatable bonds is 2. The number of hydrogen-bond donors (Lipinski definition) is 2. The number of nitrogen functional groups attached to an aromatic ring is 1. The average molecular weight is 298 g/mol. The van der Waals surface area contributed by atoms with Gasteiger partial charge in [-0.15, -0.1) is 0 Å². The number of urea groups is 1. The first kappa shape index (κ1) is 14.2. The molecule has 3 heterocycles. The fourth-order valence-corrected chi connectivity index (χ4v) is 2.66. The topological polar surface area (TPSA) is 97.0 Å². The van der Waals surface area contributed by atoms with Crippen molar-refractivity contribution < 1.29 is 4.79 Å². The fraction of sp³-hybridized carbons (Fsp3) is 0.333. The summed E-state index contributed by atoms with van der Waals surface area (Å²) in [6, 6.07) is 5.30. The number of anilines is 2. The summed E-state index contributed by atoms with van der Waals surface area (Å²) in [7, 11) is 0. The number of piperidine rings is 1. The van der Waals surface area contributed by atoms with E-state index in [9.17, 15) is 4.79 Å². The van der Waals surface area contributed by atoms with Gasteiger partial charge in [-0.05, 0) is 31.0 Å². The van der Waals surface area contributed by atoms with Gasteiger partial charge >= 0.3 is 6.03 Å². The van der Waals surface area contributed by atoms with Gasteiger partial charge in [-0.1, -0.05) is 0 Å². The van der Waals surface area contributed by atoms with Gasteiger partial charge in [-0.2, -0.15) is 0 Å². The molecule has 0 saturated carbocycles. The number of pyridine rings is 1. The van der Waals surface area contributed by atoms with Gasteiger partial charge in [0.15, 0.2) is 0 Å². The molecule has 1 fully saturated rings. The molecule has 1 saturated heterocycles. The van der Waals surface area contributed by atoms with Gasteiger partial charge < -0.3 is 16.0 Å². The molecule has 7 nitrogen and oxygen atoms in total. The summed E-state index contributed by atoms with van der Waals surface area (Å²) in [5.74, 6) is 0.470. The molecule has 22 heavy (non-hydrogen) atoms. The fourth-order valence-electron chi connectivity index (χ4n) is 2.66. The molecule has 0 aliphatic carbocycles. The lowest BCUT2D eigenvalue weighted by molar-refractivity contribution is 0.192. The summed E-state index contributed by atoms with van der Waals surface area (Å²) in [6.45, 7) is 1.38. The van der Waals surface area contributed by atoms with Gasteiger partial charge in [-0.3, -0.25) is 4.98 Å². The molecule has 2 aromatic heterocycles. The van der Waals surface area contributed by atoms with Crippen LogP contribution in [0.2, 0.25) is 0 Å². The normalized spacial score (nSPS) is 18.0. The number of nitrogens with two attached hydrogens (primary N) is 1. The van der Waals surface area contributed by atoms with Crippen LogP contribution in [0.15, 0.2) is 36.8 Å². The number of nitrogens with one attached hydrogen (secondary N) is 1. The van der Waals surface area contributed by atoms with Crippen molar-refractivity contribution >= 4 is 17.7 Å². The molecular formula is C15H18N6O. The number of amides is 2. The van der Waals surface area contributed by atoms with E-state index in [0.29, 0.717) is 6.54 Å². The number of likely N-dealkylation sites (tertiary alicyclic amines) is 1. The number of carbonyl (C=O) groups excluding carboxylic acids is 1. The Bertz CT molecular complexity index is 647. The molecule has 0 radical (unpaired) electrons. The SMILES string of the molecule is Nc1nccc(C2CCCN(C(=O)Nc3ccncc3)C2)n1. The number of nitrogens with zero attached hydrogens (tertiary/aromatic N) is 4. The zero-order valence-corrected chi connectivity index (χ0v) is 12.1. The third kappa shape index (κ3) is 3.30. The average Bonchev–Trinajstić information content (AvgIpc) is 2.56. The van der Waals surface area contributed by atoms with Crippen LogP contribution in [0, 0.1) is 0 Å². The highest BCUT2D eigenvalue weighted by Crippen LogP contribution is 2.26. The predicted octanol–water partition coefficient (Wildman–Crippen LogP) is 1.87. The van der Waals surface area contributed by atoms with Crippen LogP contribution in [0.1, 0.15) is 24.5 Å². The van der Waals surface area contributed by atoms with E-state index in [1.165, 1.54) is 0 Å². The summed E-state index contributed by atoms with van der Waals surface area (Å²) in [5, 5.41) is 2.88. The minimum absolute atomic E-state index is 0.0991. The predicted molar refractivity (Wildman–Crippen MR) is 83.2 cm³/mol. The maximum absolute atomic E-state index is 12.3. The molecule has 1 unspecified atom stereocenters. The lowest BCUT2D eigenvalue weighted by Crippen LogP contribution is -2.41. The first-order valence-corrected chi connectivity index (χ1v) is 7.27. The standard InChI is InChI=1S/C15H18N6O/c16-14-18-8-5-13(20-14)11-2-1-9-21(10-11)15(22)19-12-3-6-17-7-4-12/h3-8,11H,1-2,9-10H2,(H2,16,18,20)(H,17,19,22). The molecule has 0 bridgehead atoms. The lowest BCUT2D eigenvalue weighted by Gasteiger charge is -2.32. The van der Waals surface area contributed by atoms with Crippen molar-refractivity contribution in [3.8, 4) is 0 Å². The van der Waals surface area contributed by atoms with E-state index >= 15 is 0 Å². The molecule has 0 aromatic carbocycles. The second kappa shape index (κ2) is 6.38. The molecule has 1 aliphatic rings. The van der Waals surface area contributed by atoms with Gasteiger partial charge in [0.25, 0.3) is 0 Å². The number of carbonyl (C=O) groups is 1. The monoisotopic (exact) mass is 298 g/mol. The van der Waals surface area contributed by atoms with Gasteiger partial charge in [0.1, 0.15) is 0 Å². The lowest BCUT2D eigenvalue weighted by atomic mass is 9.95.